The molecule has 0 aliphatic carbocycles. The number of ether oxygens (including phenoxy) is 1. The third-order valence-electron chi connectivity index (χ3n) is 5.26. The van der Waals surface area contributed by atoms with Gasteiger partial charge in [0.1, 0.15) is 5.76 Å². The van der Waals surface area contributed by atoms with Gasteiger partial charge < -0.3 is 19.8 Å². The fourth-order valence-electron chi connectivity index (χ4n) is 3.35. The van der Waals surface area contributed by atoms with Crippen LogP contribution in [-0.4, -0.2) is 63.3 Å². The topological polar surface area (TPSA) is 62.0 Å². The minimum Gasteiger partial charge on any atom is -0.469 e. The number of hydrogen-bond acceptors (Lipinski definition) is 4. The molecule has 0 unspecified atom stereocenters. The first-order valence-electron chi connectivity index (χ1n) is 10.5. The van der Waals surface area contributed by atoms with Gasteiger partial charge in [-0.3, -0.25) is 9.89 Å². The van der Waals surface area contributed by atoms with Crippen molar-refractivity contribution in [3.8, 4) is 0 Å². The van der Waals surface area contributed by atoms with E-state index in [9.17, 15) is 0 Å². The Balaban J connectivity index is 1.55. The Labute approximate surface area is 174 Å². The van der Waals surface area contributed by atoms with Gasteiger partial charge in [-0.25, -0.2) is 0 Å². The standard InChI is InChI=1S/C23H34N4O2/c1-23(2,20-7-4-3-5-8-20)19-26-22(24-11-10-21-9-6-16-29-21)25-12-13-27-14-17-28-18-15-27/h3-9,16H,10-15,17-19H2,1-2H3,(H2,24,25,26). The van der Waals surface area contributed by atoms with Crippen molar-refractivity contribution in [1.29, 1.82) is 0 Å². The third kappa shape index (κ3) is 7.22. The first-order chi connectivity index (χ1) is 14.1. The Morgan fingerprint density at radius 2 is 1.79 bits per heavy atom. The van der Waals surface area contributed by atoms with Gasteiger partial charge in [0.25, 0.3) is 0 Å². The Kier molecular flexibility index (Phi) is 8.14. The summed E-state index contributed by atoms with van der Waals surface area (Å²) in [4.78, 5) is 7.32. The number of furan rings is 1. The van der Waals surface area contributed by atoms with E-state index in [0.717, 1.165) is 64.1 Å². The van der Waals surface area contributed by atoms with Gasteiger partial charge in [-0.05, 0) is 17.7 Å². The predicted molar refractivity (Wildman–Crippen MR) is 117 cm³/mol. The van der Waals surface area contributed by atoms with Crippen LogP contribution in [0.15, 0.2) is 58.1 Å². The molecule has 0 bridgehead atoms. The molecule has 6 heteroatoms. The molecule has 1 aliphatic heterocycles. The molecule has 1 saturated heterocycles. The van der Waals surface area contributed by atoms with Crippen molar-refractivity contribution in [2.45, 2.75) is 25.7 Å². The Bertz CT molecular complexity index is 723. The van der Waals surface area contributed by atoms with Crippen LogP contribution in [0.25, 0.3) is 0 Å². The normalized spacial score (nSPS) is 16.0. The number of nitrogens with zero attached hydrogens (tertiary/aromatic N) is 2. The summed E-state index contributed by atoms with van der Waals surface area (Å²) < 4.78 is 10.9. The molecule has 1 aromatic carbocycles. The fraction of sp³-hybridized carbons (Fsp3) is 0.522. The molecule has 29 heavy (non-hydrogen) atoms. The van der Waals surface area contributed by atoms with Gasteiger partial charge >= 0.3 is 0 Å². The molecule has 3 rings (SSSR count). The summed E-state index contributed by atoms with van der Waals surface area (Å²) in [6.07, 6.45) is 2.55. The van der Waals surface area contributed by atoms with E-state index in [1.165, 1.54) is 5.56 Å². The van der Waals surface area contributed by atoms with Crippen LogP contribution in [0.1, 0.15) is 25.2 Å². The Morgan fingerprint density at radius 1 is 1.03 bits per heavy atom. The molecule has 0 radical (unpaired) electrons. The lowest BCUT2D eigenvalue weighted by molar-refractivity contribution is 0.0389. The Morgan fingerprint density at radius 3 is 2.52 bits per heavy atom. The van der Waals surface area contributed by atoms with Crippen LogP contribution in [0.2, 0.25) is 0 Å². The average Bonchev–Trinajstić information content (AvgIpc) is 3.27. The van der Waals surface area contributed by atoms with Crippen molar-refractivity contribution in [3.05, 3.63) is 60.1 Å². The smallest absolute Gasteiger partial charge is 0.191 e. The van der Waals surface area contributed by atoms with E-state index in [2.05, 4.69) is 59.7 Å². The maximum absolute atomic E-state index is 5.43. The molecule has 0 atom stereocenters. The van der Waals surface area contributed by atoms with Crippen molar-refractivity contribution >= 4 is 5.96 Å². The number of aliphatic imine (C=N–C) groups is 1. The molecule has 158 valence electrons. The molecule has 2 N–H and O–H groups in total. The van der Waals surface area contributed by atoms with E-state index >= 15 is 0 Å². The average molecular weight is 399 g/mol. The number of morpholine rings is 1. The van der Waals surface area contributed by atoms with Crippen molar-refractivity contribution < 1.29 is 9.15 Å². The lowest BCUT2D eigenvalue weighted by Crippen LogP contribution is -2.45. The van der Waals surface area contributed by atoms with Crippen LogP contribution in [0.5, 0.6) is 0 Å². The highest BCUT2D eigenvalue weighted by Gasteiger charge is 2.20. The summed E-state index contributed by atoms with van der Waals surface area (Å²) >= 11 is 0. The maximum Gasteiger partial charge on any atom is 0.191 e. The minimum absolute atomic E-state index is 0.0267. The second-order valence-electron chi connectivity index (χ2n) is 8.05. The molecule has 1 fully saturated rings. The number of nitrogens with one attached hydrogen (secondary N) is 2. The zero-order chi connectivity index (χ0) is 20.4. The molecule has 6 nitrogen and oxygen atoms in total. The number of benzene rings is 1. The molecular weight excluding hydrogens is 364 g/mol. The quantitative estimate of drug-likeness (QED) is 0.502. The summed E-state index contributed by atoms with van der Waals surface area (Å²) in [5, 5.41) is 6.95. The Hall–Kier alpha value is -2.31. The zero-order valence-corrected chi connectivity index (χ0v) is 17.7. The summed E-state index contributed by atoms with van der Waals surface area (Å²) in [6.45, 7) is 11.5. The van der Waals surface area contributed by atoms with Crippen LogP contribution < -0.4 is 10.6 Å². The lowest BCUT2D eigenvalue weighted by Gasteiger charge is -2.27. The summed E-state index contributed by atoms with van der Waals surface area (Å²) in [6, 6.07) is 14.5. The molecule has 2 aromatic rings. The molecule has 2 heterocycles. The largest absolute Gasteiger partial charge is 0.469 e. The third-order valence-corrected chi connectivity index (χ3v) is 5.26. The van der Waals surface area contributed by atoms with Crippen LogP contribution in [0.3, 0.4) is 0 Å². The molecule has 0 amide bonds. The van der Waals surface area contributed by atoms with E-state index < -0.39 is 0 Å². The number of rotatable bonds is 9. The van der Waals surface area contributed by atoms with Crippen LogP contribution in [-0.2, 0) is 16.6 Å². The van der Waals surface area contributed by atoms with Crippen molar-refractivity contribution in [2.75, 3.05) is 52.5 Å². The summed E-state index contributed by atoms with van der Waals surface area (Å²) in [5.41, 5.74) is 1.27. The minimum atomic E-state index is -0.0267. The molecule has 0 saturated carbocycles. The number of hydrogen-bond donors (Lipinski definition) is 2. The molecule has 1 aromatic heterocycles. The second-order valence-corrected chi connectivity index (χ2v) is 8.05. The first-order valence-corrected chi connectivity index (χ1v) is 10.5. The molecule has 1 aliphatic rings. The highest BCUT2D eigenvalue weighted by atomic mass is 16.5. The SMILES string of the molecule is CC(C)(CN=C(NCCc1ccco1)NCCN1CCOCC1)c1ccccc1. The van der Waals surface area contributed by atoms with E-state index in [1.807, 2.05) is 12.1 Å². The van der Waals surface area contributed by atoms with Gasteiger partial charge in [-0.15, -0.1) is 0 Å². The second kappa shape index (κ2) is 11.0. The number of guanidine groups is 1. The zero-order valence-electron chi connectivity index (χ0n) is 17.7. The maximum atomic E-state index is 5.43. The van der Waals surface area contributed by atoms with E-state index in [-0.39, 0.29) is 5.41 Å². The van der Waals surface area contributed by atoms with Gasteiger partial charge in [-0.1, -0.05) is 44.2 Å². The predicted octanol–water partition coefficient (Wildman–Crippen LogP) is 2.67. The van der Waals surface area contributed by atoms with E-state index in [1.54, 1.807) is 6.26 Å². The van der Waals surface area contributed by atoms with Crippen molar-refractivity contribution in [1.82, 2.24) is 15.5 Å². The van der Waals surface area contributed by atoms with Crippen LogP contribution in [0, 0.1) is 0 Å². The van der Waals surface area contributed by atoms with Gasteiger partial charge in [0, 0.05) is 44.6 Å². The summed E-state index contributed by atoms with van der Waals surface area (Å²) in [7, 11) is 0. The highest BCUT2D eigenvalue weighted by Crippen LogP contribution is 2.22. The van der Waals surface area contributed by atoms with Crippen molar-refractivity contribution in [2.24, 2.45) is 4.99 Å². The summed E-state index contributed by atoms with van der Waals surface area (Å²) in [5.74, 6) is 1.84. The molecule has 0 spiro atoms. The van der Waals surface area contributed by atoms with Gasteiger partial charge in [-0.2, -0.15) is 0 Å². The van der Waals surface area contributed by atoms with Crippen molar-refractivity contribution in [3.63, 3.8) is 0 Å². The van der Waals surface area contributed by atoms with E-state index in [4.69, 9.17) is 14.1 Å². The fourth-order valence-corrected chi connectivity index (χ4v) is 3.35. The highest BCUT2D eigenvalue weighted by molar-refractivity contribution is 5.79. The van der Waals surface area contributed by atoms with E-state index in [0.29, 0.717) is 6.54 Å². The monoisotopic (exact) mass is 398 g/mol. The molecular formula is C23H34N4O2. The first kappa shape index (κ1) is 21.4. The van der Waals surface area contributed by atoms with Crippen LogP contribution >= 0.6 is 0 Å². The lowest BCUT2D eigenvalue weighted by atomic mass is 9.85. The van der Waals surface area contributed by atoms with Crippen LogP contribution in [0.4, 0.5) is 0 Å². The van der Waals surface area contributed by atoms with Gasteiger partial charge in [0.2, 0.25) is 0 Å². The van der Waals surface area contributed by atoms with Gasteiger partial charge in [0.15, 0.2) is 5.96 Å². The van der Waals surface area contributed by atoms with Gasteiger partial charge in [0.05, 0.1) is 26.0 Å².